The predicted octanol–water partition coefficient (Wildman–Crippen LogP) is 2.82. The van der Waals surface area contributed by atoms with Crippen molar-refractivity contribution in [3.63, 3.8) is 0 Å². The Morgan fingerprint density at radius 1 is 1.41 bits per heavy atom. The molecule has 0 saturated heterocycles. The number of anilines is 1. The molecule has 0 spiro atoms. The summed E-state index contributed by atoms with van der Waals surface area (Å²) >= 11 is 1.18. The highest BCUT2D eigenvalue weighted by Crippen LogP contribution is 2.21. The Kier molecular flexibility index (Phi) is 3.58. The van der Waals surface area contributed by atoms with E-state index in [-0.39, 0.29) is 0 Å². The normalized spacial score (nSPS) is 10.8. The maximum Gasteiger partial charge on any atom is 0.136 e. The van der Waals surface area contributed by atoms with E-state index < -0.39 is 0 Å². The highest BCUT2D eigenvalue weighted by Gasteiger charge is 2.06. The zero-order chi connectivity index (χ0) is 12.3. The molecule has 0 unspecified atom stereocenters. The van der Waals surface area contributed by atoms with Gasteiger partial charge in [0.2, 0.25) is 0 Å². The van der Waals surface area contributed by atoms with Crippen LogP contribution in [0, 0.1) is 0 Å². The summed E-state index contributed by atoms with van der Waals surface area (Å²) in [5, 5.41) is 4.52. The van der Waals surface area contributed by atoms with Crippen molar-refractivity contribution >= 4 is 16.5 Å². The van der Waals surface area contributed by atoms with Gasteiger partial charge in [0, 0.05) is 11.5 Å². The second kappa shape index (κ2) is 5.14. The molecular formula is C12H15N3OS. The van der Waals surface area contributed by atoms with Crippen LogP contribution in [0.1, 0.15) is 31.0 Å². The first-order chi connectivity index (χ1) is 8.16. The van der Waals surface area contributed by atoms with Crippen molar-refractivity contribution in [2.24, 2.45) is 0 Å². The Morgan fingerprint density at radius 3 is 2.88 bits per heavy atom. The van der Waals surface area contributed by atoms with Crippen molar-refractivity contribution in [1.82, 2.24) is 9.59 Å². The van der Waals surface area contributed by atoms with Crippen molar-refractivity contribution in [2.45, 2.75) is 26.4 Å². The van der Waals surface area contributed by atoms with Crippen molar-refractivity contribution in [1.29, 1.82) is 0 Å². The quantitative estimate of drug-likeness (QED) is 0.905. The summed E-state index contributed by atoms with van der Waals surface area (Å²) in [6, 6.07) is 8.06. The molecule has 2 N–H and O–H groups in total. The van der Waals surface area contributed by atoms with E-state index in [1.807, 2.05) is 18.2 Å². The maximum atomic E-state index is 5.70. The number of rotatable bonds is 4. The molecular weight excluding hydrogens is 234 g/mol. The minimum absolute atomic E-state index is 0.365. The largest absolute Gasteiger partial charge is 0.487 e. The Hall–Kier alpha value is -1.62. The highest BCUT2D eigenvalue weighted by molar-refractivity contribution is 7.09. The number of nitrogen functional groups attached to an aromatic ring is 1. The SMILES string of the molecule is CC(C)c1cccc(OCc2nnsc2N)c1. The molecule has 2 aromatic rings. The third kappa shape index (κ3) is 2.94. The van der Waals surface area contributed by atoms with Gasteiger partial charge in [-0.3, -0.25) is 0 Å². The summed E-state index contributed by atoms with van der Waals surface area (Å²) in [7, 11) is 0. The molecule has 1 heterocycles. The number of nitrogens with two attached hydrogens (primary N) is 1. The molecule has 1 aromatic carbocycles. The molecule has 0 amide bonds. The van der Waals surface area contributed by atoms with Gasteiger partial charge in [0.25, 0.3) is 0 Å². The molecule has 0 aliphatic carbocycles. The van der Waals surface area contributed by atoms with Crippen LogP contribution in [0.4, 0.5) is 5.00 Å². The molecule has 0 saturated carbocycles. The molecule has 0 atom stereocenters. The molecule has 90 valence electrons. The van der Waals surface area contributed by atoms with Crippen LogP contribution < -0.4 is 10.5 Å². The molecule has 4 nitrogen and oxygen atoms in total. The fraction of sp³-hybridized carbons (Fsp3) is 0.333. The first-order valence-electron chi connectivity index (χ1n) is 5.46. The van der Waals surface area contributed by atoms with E-state index in [4.69, 9.17) is 10.5 Å². The summed E-state index contributed by atoms with van der Waals surface area (Å²) in [4.78, 5) is 0. The van der Waals surface area contributed by atoms with Gasteiger partial charge < -0.3 is 10.5 Å². The van der Waals surface area contributed by atoms with Gasteiger partial charge in [-0.1, -0.05) is 30.5 Å². The monoisotopic (exact) mass is 249 g/mol. The molecule has 0 fully saturated rings. The Morgan fingerprint density at radius 2 is 2.24 bits per heavy atom. The summed E-state index contributed by atoms with van der Waals surface area (Å²) in [5.41, 5.74) is 7.65. The molecule has 0 aliphatic heterocycles. The van der Waals surface area contributed by atoms with Crippen molar-refractivity contribution in [3.8, 4) is 5.75 Å². The van der Waals surface area contributed by atoms with Crippen LogP contribution in [0.5, 0.6) is 5.75 Å². The minimum atomic E-state index is 0.365. The summed E-state index contributed by atoms with van der Waals surface area (Å²) in [6.45, 7) is 4.67. The average Bonchev–Trinajstić information content (AvgIpc) is 2.72. The fourth-order valence-corrected chi connectivity index (χ4v) is 1.86. The van der Waals surface area contributed by atoms with Crippen LogP contribution >= 0.6 is 11.5 Å². The van der Waals surface area contributed by atoms with Crippen LogP contribution in [0.25, 0.3) is 0 Å². The van der Waals surface area contributed by atoms with E-state index >= 15 is 0 Å². The van der Waals surface area contributed by atoms with E-state index in [1.54, 1.807) is 0 Å². The zero-order valence-electron chi connectivity index (χ0n) is 9.88. The number of nitrogens with zero attached hydrogens (tertiary/aromatic N) is 2. The molecule has 0 aliphatic rings. The molecule has 17 heavy (non-hydrogen) atoms. The molecule has 0 radical (unpaired) electrons. The van der Waals surface area contributed by atoms with Gasteiger partial charge in [-0.25, -0.2) is 0 Å². The minimum Gasteiger partial charge on any atom is -0.487 e. The first kappa shape index (κ1) is 11.9. The van der Waals surface area contributed by atoms with Crippen LogP contribution in [0.2, 0.25) is 0 Å². The van der Waals surface area contributed by atoms with Crippen molar-refractivity contribution in [2.75, 3.05) is 5.73 Å². The van der Waals surface area contributed by atoms with E-state index in [9.17, 15) is 0 Å². The second-order valence-corrected chi connectivity index (χ2v) is 4.89. The third-order valence-electron chi connectivity index (χ3n) is 2.49. The zero-order valence-corrected chi connectivity index (χ0v) is 10.7. The van der Waals surface area contributed by atoms with Gasteiger partial charge in [0.1, 0.15) is 23.1 Å². The lowest BCUT2D eigenvalue weighted by Gasteiger charge is -2.09. The Labute approximate surface area is 105 Å². The number of hydrogen-bond donors (Lipinski definition) is 1. The van der Waals surface area contributed by atoms with Crippen LogP contribution in [-0.2, 0) is 6.61 Å². The number of aromatic nitrogens is 2. The number of benzene rings is 1. The maximum absolute atomic E-state index is 5.70. The van der Waals surface area contributed by atoms with E-state index in [0.717, 1.165) is 5.75 Å². The average molecular weight is 249 g/mol. The lowest BCUT2D eigenvalue weighted by atomic mass is 10.0. The van der Waals surface area contributed by atoms with E-state index in [0.29, 0.717) is 23.2 Å². The summed E-state index contributed by atoms with van der Waals surface area (Å²) in [6.07, 6.45) is 0. The number of ether oxygens (including phenoxy) is 1. The van der Waals surface area contributed by atoms with Gasteiger partial charge in [0.05, 0.1) is 0 Å². The lowest BCUT2D eigenvalue weighted by molar-refractivity contribution is 0.301. The van der Waals surface area contributed by atoms with Gasteiger partial charge in [-0.15, -0.1) is 5.10 Å². The second-order valence-electron chi connectivity index (χ2n) is 4.10. The predicted molar refractivity (Wildman–Crippen MR) is 69.2 cm³/mol. The van der Waals surface area contributed by atoms with Gasteiger partial charge in [0.15, 0.2) is 0 Å². The van der Waals surface area contributed by atoms with Crippen molar-refractivity contribution < 1.29 is 4.74 Å². The Bertz CT molecular complexity index is 496. The lowest BCUT2D eigenvalue weighted by Crippen LogP contribution is -1.99. The topological polar surface area (TPSA) is 61.0 Å². The van der Waals surface area contributed by atoms with Crippen molar-refractivity contribution in [3.05, 3.63) is 35.5 Å². The highest BCUT2D eigenvalue weighted by atomic mass is 32.1. The first-order valence-corrected chi connectivity index (χ1v) is 6.23. The van der Waals surface area contributed by atoms with Gasteiger partial charge >= 0.3 is 0 Å². The molecule has 0 bridgehead atoms. The van der Waals surface area contributed by atoms with Gasteiger partial charge in [-0.2, -0.15) is 0 Å². The van der Waals surface area contributed by atoms with E-state index in [2.05, 4.69) is 29.5 Å². The molecule has 1 aromatic heterocycles. The molecule has 2 rings (SSSR count). The number of hydrogen-bond acceptors (Lipinski definition) is 5. The van der Waals surface area contributed by atoms with Crippen LogP contribution in [-0.4, -0.2) is 9.59 Å². The standard InChI is InChI=1S/C12H15N3OS/c1-8(2)9-4-3-5-10(6-9)16-7-11-12(13)17-15-14-11/h3-6,8H,7,13H2,1-2H3. The van der Waals surface area contributed by atoms with Gasteiger partial charge in [-0.05, 0) is 23.6 Å². The van der Waals surface area contributed by atoms with E-state index in [1.165, 1.54) is 17.1 Å². The fourth-order valence-electron chi connectivity index (χ4n) is 1.43. The van der Waals surface area contributed by atoms with Crippen LogP contribution in [0.3, 0.4) is 0 Å². The van der Waals surface area contributed by atoms with Crippen LogP contribution in [0.15, 0.2) is 24.3 Å². The summed E-state index contributed by atoms with van der Waals surface area (Å²) < 4.78 is 9.41. The summed E-state index contributed by atoms with van der Waals surface area (Å²) in [5.74, 6) is 1.33. The Balaban J connectivity index is 2.04. The molecule has 5 heteroatoms. The smallest absolute Gasteiger partial charge is 0.136 e. The third-order valence-corrected chi connectivity index (χ3v) is 3.08.